The van der Waals surface area contributed by atoms with Crippen LogP contribution < -0.4 is 11.1 Å². The number of guanidine groups is 1. The van der Waals surface area contributed by atoms with E-state index in [1.165, 1.54) is 32.4 Å². The van der Waals surface area contributed by atoms with Gasteiger partial charge in [-0.3, -0.25) is 4.99 Å². The predicted molar refractivity (Wildman–Crippen MR) is 112 cm³/mol. The van der Waals surface area contributed by atoms with Crippen molar-refractivity contribution in [3.63, 3.8) is 0 Å². The summed E-state index contributed by atoms with van der Waals surface area (Å²) in [5, 5.41) is 3.31. The van der Waals surface area contributed by atoms with Crippen molar-refractivity contribution in [2.75, 3.05) is 46.3 Å². The van der Waals surface area contributed by atoms with E-state index in [1.54, 1.807) is 0 Å². The Morgan fingerprint density at radius 3 is 2.57 bits per heavy atom. The van der Waals surface area contributed by atoms with Crippen molar-refractivity contribution in [2.24, 2.45) is 16.6 Å². The standard InChI is InChI=1S/C17H37N5.HI/c1-15(2)7-5-8-16(3)20-17(18)19-9-12-22-11-6-10-21(4)13-14-22;/h15-16H,5-14H2,1-4H3,(H3,18,19,20);1H. The molecule has 0 aromatic carbocycles. The Bertz CT molecular complexity index is 322. The van der Waals surface area contributed by atoms with Gasteiger partial charge in [0.1, 0.15) is 0 Å². The molecule has 138 valence electrons. The fraction of sp³-hybridized carbons (Fsp3) is 0.941. The Morgan fingerprint density at radius 2 is 1.87 bits per heavy atom. The molecule has 1 aliphatic rings. The average Bonchev–Trinajstić information content (AvgIpc) is 2.63. The molecule has 0 radical (unpaired) electrons. The highest BCUT2D eigenvalue weighted by atomic mass is 127. The summed E-state index contributed by atoms with van der Waals surface area (Å²) < 4.78 is 0. The second kappa shape index (κ2) is 13.2. The molecule has 6 heteroatoms. The lowest BCUT2D eigenvalue weighted by molar-refractivity contribution is 0.283. The molecule has 0 bridgehead atoms. The smallest absolute Gasteiger partial charge is 0.188 e. The summed E-state index contributed by atoms with van der Waals surface area (Å²) in [4.78, 5) is 9.37. The van der Waals surface area contributed by atoms with Gasteiger partial charge in [-0.05, 0) is 45.8 Å². The van der Waals surface area contributed by atoms with Crippen LogP contribution in [0.15, 0.2) is 4.99 Å². The molecule has 3 N–H and O–H groups in total. The van der Waals surface area contributed by atoms with Crippen molar-refractivity contribution in [1.82, 2.24) is 15.1 Å². The first kappa shape index (κ1) is 22.9. The van der Waals surface area contributed by atoms with Gasteiger partial charge < -0.3 is 20.9 Å². The summed E-state index contributed by atoms with van der Waals surface area (Å²) >= 11 is 0. The molecule has 0 amide bonds. The largest absolute Gasteiger partial charge is 0.370 e. The number of nitrogens with one attached hydrogen (secondary N) is 1. The third-order valence-electron chi connectivity index (χ3n) is 4.32. The van der Waals surface area contributed by atoms with E-state index in [2.05, 4.69) is 47.9 Å². The molecule has 1 aliphatic heterocycles. The third-order valence-corrected chi connectivity index (χ3v) is 4.32. The SMILES string of the molecule is CC(C)CCCC(C)NC(N)=NCCN1CCCN(C)CC1.I. The zero-order valence-electron chi connectivity index (χ0n) is 15.6. The van der Waals surface area contributed by atoms with Crippen LogP contribution in [-0.4, -0.2) is 68.1 Å². The Kier molecular flexibility index (Phi) is 13.2. The lowest BCUT2D eigenvalue weighted by Crippen LogP contribution is -2.39. The zero-order chi connectivity index (χ0) is 16.4. The van der Waals surface area contributed by atoms with Gasteiger partial charge in [-0.25, -0.2) is 0 Å². The van der Waals surface area contributed by atoms with Crippen molar-refractivity contribution in [3.8, 4) is 0 Å². The molecule has 1 fully saturated rings. The summed E-state index contributed by atoms with van der Waals surface area (Å²) in [6.45, 7) is 13.2. The van der Waals surface area contributed by atoms with Gasteiger partial charge in [0.2, 0.25) is 0 Å². The van der Waals surface area contributed by atoms with Crippen LogP contribution in [0.2, 0.25) is 0 Å². The predicted octanol–water partition coefficient (Wildman–Crippen LogP) is 2.36. The van der Waals surface area contributed by atoms with E-state index >= 15 is 0 Å². The van der Waals surface area contributed by atoms with Gasteiger partial charge in [-0.1, -0.05) is 26.7 Å². The van der Waals surface area contributed by atoms with E-state index in [0.717, 1.165) is 38.5 Å². The van der Waals surface area contributed by atoms with Crippen molar-refractivity contribution in [2.45, 2.75) is 52.5 Å². The second-order valence-electron chi connectivity index (χ2n) is 7.14. The molecule has 1 rings (SSSR count). The van der Waals surface area contributed by atoms with Gasteiger partial charge in [0.25, 0.3) is 0 Å². The minimum Gasteiger partial charge on any atom is -0.370 e. The summed E-state index contributed by atoms with van der Waals surface area (Å²) in [5.41, 5.74) is 5.99. The fourth-order valence-corrected chi connectivity index (χ4v) is 2.84. The van der Waals surface area contributed by atoms with Crippen molar-refractivity contribution in [3.05, 3.63) is 0 Å². The number of halogens is 1. The summed E-state index contributed by atoms with van der Waals surface area (Å²) in [6.07, 6.45) is 4.95. The first-order chi connectivity index (χ1) is 10.5. The van der Waals surface area contributed by atoms with Crippen LogP contribution in [0.5, 0.6) is 0 Å². The maximum Gasteiger partial charge on any atom is 0.188 e. The molecule has 1 heterocycles. The molecule has 0 aromatic heterocycles. The quantitative estimate of drug-likeness (QED) is 0.347. The number of aliphatic imine (C=N–C) groups is 1. The average molecular weight is 439 g/mol. The van der Waals surface area contributed by atoms with Gasteiger partial charge in [0.05, 0.1) is 6.54 Å². The van der Waals surface area contributed by atoms with Gasteiger partial charge in [-0.15, -0.1) is 24.0 Å². The number of likely N-dealkylation sites (N-methyl/N-ethyl adjacent to an activating group) is 1. The normalized spacial score (nSPS) is 19.3. The lowest BCUT2D eigenvalue weighted by atomic mass is 10.0. The Labute approximate surface area is 160 Å². The topological polar surface area (TPSA) is 56.9 Å². The molecule has 0 spiro atoms. The maximum atomic E-state index is 5.99. The number of nitrogens with two attached hydrogens (primary N) is 1. The summed E-state index contributed by atoms with van der Waals surface area (Å²) in [5.74, 6) is 1.38. The Morgan fingerprint density at radius 1 is 1.13 bits per heavy atom. The van der Waals surface area contributed by atoms with Crippen LogP contribution in [0, 0.1) is 5.92 Å². The zero-order valence-corrected chi connectivity index (χ0v) is 17.9. The van der Waals surface area contributed by atoms with E-state index in [9.17, 15) is 0 Å². The van der Waals surface area contributed by atoms with Crippen LogP contribution in [0.1, 0.15) is 46.5 Å². The van der Waals surface area contributed by atoms with Crippen LogP contribution in [-0.2, 0) is 0 Å². The number of rotatable bonds is 8. The van der Waals surface area contributed by atoms with Gasteiger partial charge in [0.15, 0.2) is 5.96 Å². The number of hydrogen-bond donors (Lipinski definition) is 2. The highest BCUT2D eigenvalue weighted by Crippen LogP contribution is 2.08. The van der Waals surface area contributed by atoms with E-state index in [0.29, 0.717) is 12.0 Å². The third kappa shape index (κ3) is 12.0. The molecule has 5 nitrogen and oxygen atoms in total. The van der Waals surface area contributed by atoms with E-state index in [1.807, 2.05) is 0 Å². The van der Waals surface area contributed by atoms with Crippen molar-refractivity contribution in [1.29, 1.82) is 0 Å². The van der Waals surface area contributed by atoms with E-state index in [4.69, 9.17) is 5.73 Å². The first-order valence-electron chi connectivity index (χ1n) is 8.94. The highest BCUT2D eigenvalue weighted by Gasteiger charge is 2.11. The minimum atomic E-state index is 0. The number of nitrogens with zero attached hydrogens (tertiary/aromatic N) is 3. The molecule has 1 unspecified atom stereocenters. The first-order valence-corrected chi connectivity index (χ1v) is 8.94. The molecule has 0 aliphatic carbocycles. The van der Waals surface area contributed by atoms with Crippen LogP contribution in [0.25, 0.3) is 0 Å². The molecule has 1 saturated heterocycles. The van der Waals surface area contributed by atoms with Crippen molar-refractivity contribution < 1.29 is 0 Å². The molecule has 1 atom stereocenters. The molecule has 0 aromatic rings. The van der Waals surface area contributed by atoms with Crippen LogP contribution >= 0.6 is 24.0 Å². The fourth-order valence-electron chi connectivity index (χ4n) is 2.84. The molecule has 0 saturated carbocycles. The number of hydrogen-bond acceptors (Lipinski definition) is 3. The summed E-state index contributed by atoms with van der Waals surface area (Å²) in [6, 6.07) is 0.411. The molecule has 23 heavy (non-hydrogen) atoms. The van der Waals surface area contributed by atoms with Gasteiger partial charge in [0, 0.05) is 25.7 Å². The monoisotopic (exact) mass is 439 g/mol. The Hall–Kier alpha value is -0.0800. The van der Waals surface area contributed by atoms with Crippen LogP contribution in [0.4, 0.5) is 0 Å². The maximum absolute atomic E-state index is 5.99. The lowest BCUT2D eigenvalue weighted by Gasteiger charge is -2.19. The second-order valence-corrected chi connectivity index (χ2v) is 7.14. The molecular formula is C17H38IN5. The van der Waals surface area contributed by atoms with Crippen molar-refractivity contribution >= 4 is 29.9 Å². The minimum absolute atomic E-state index is 0. The van der Waals surface area contributed by atoms with E-state index in [-0.39, 0.29) is 24.0 Å². The van der Waals surface area contributed by atoms with E-state index < -0.39 is 0 Å². The molecular weight excluding hydrogens is 401 g/mol. The van der Waals surface area contributed by atoms with Gasteiger partial charge in [-0.2, -0.15) is 0 Å². The van der Waals surface area contributed by atoms with Crippen LogP contribution in [0.3, 0.4) is 0 Å². The summed E-state index contributed by atoms with van der Waals surface area (Å²) in [7, 11) is 2.20. The Balaban J connectivity index is 0.00000484. The van der Waals surface area contributed by atoms with Gasteiger partial charge >= 0.3 is 0 Å². The highest BCUT2D eigenvalue weighted by molar-refractivity contribution is 14.0.